The van der Waals surface area contributed by atoms with Gasteiger partial charge in [0.05, 0.1) is 44.1 Å². The maximum absolute atomic E-state index is 12.3. The van der Waals surface area contributed by atoms with E-state index in [2.05, 4.69) is 10.3 Å². The summed E-state index contributed by atoms with van der Waals surface area (Å²) in [6.45, 7) is 0.983. The monoisotopic (exact) mass is 344 g/mol. The second-order valence-electron chi connectivity index (χ2n) is 6.21. The van der Waals surface area contributed by atoms with Crippen molar-refractivity contribution in [3.63, 3.8) is 0 Å². The van der Waals surface area contributed by atoms with Gasteiger partial charge >= 0.3 is 0 Å². The van der Waals surface area contributed by atoms with Crippen molar-refractivity contribution in [1.82, 2.24) is 10.2 Å². The second-order valence-corrected chi connectivity index (χ2v) is 6.21. The first-order chi connectivity index (χ1) is 11.1. The van der Waals surface area contributed by atoms with Crippen molar-refractivity contribution in [3.8, 4) is 0 Å². The van der Waals surface area contributed by atoms with Gasteiger partial charge in [-0.05, 0) is 13.8 Å². The normalized spacial score (nSPS) is 15.7. The number of amides is 2. The van der Waals surface area contributed by atoms with Crippen molar-refractivity contribution in [2.45, 2.75) is 24.9 Å². The lowest BCUT2D eigenvalue weighted by molar-refractivity contribution is -0.120. The van der Waals surface area contributed by atoms with Gasteiger partial charge in [0.25, 0.3) is 11.8 Å². The largest absolute Gasteiger partial charge is 0.394 e. The Morgan fingerprint density at radius 2 is 1.75 bits per heavy atom. The third kappa shape index (κ3) is 4.29. The quantitative estimate of drug-likeness (QED) is 0.267. The van der Waals surface area contributed by atoms with Crippen LogP contribution in [0.25, 0.3) is 0 Å². The molecule has 0 aromatic rings. The number of aliphatic imine (C=N–C) groups is 1. The molecule has 0 bridgehead atoms. The van der Waals surface area contributed by atoms with Crippen molar-refractivity contribution < 1.29 is 30.0 Å². The molecule has 7 N–H and O–H groups in total. The highest BCUT2D eigenvalue weighted by atomic mass is 16.3. The van der Waals surface area contributed by atoms with E-state index in [1.54, 1.807) is 0 Å². The van der Waals surface area contributed by atoms with E-state index in [1.807, 2.05) is 0 Å². The highest BCUT2D eigenvalue weighted by Gasteiger charge is 2.35. The number of carbonyl (C=O) groups excluding carboxylic acids is 2. The molecule has 1 aliphatic heterocycles. The maximum atomic E-state index is 12.3. The third-order valence-electron chi connectivity index (χ3n) is 3.86. The zero-order chi connectivity index (χ0) is 18.5. The Kier molecular flexibility index (Phi) is 6.43. The van der Waals surface area contributed by atoms with E-state index in [0.29, 0.717) is 0 Å². The van der Waals surface area contributed by atoms with Crippen molar-refractivity contribution in [2.24, 2.45) is 10.7 Å². The van der Waals surface area contributed by atoms with E-state index in [1.165, 1.54) is 24.9 Å². The van der Waals surface area contributed by atoms with E-state index in [0.717, 1.165) is 0 Å². The Bertz CT molecular complexity index is 551. The molecule has 136 valence electrons. The van der Waals surface area contributed by atoms with Crippen LogP contribution in [0.4, 0.5) is 0 Å². The molecule has 24 heavy (non-hydrogen) atoms. The van der Waals surface area contributed by atoms with E-state index >= 15 is 0 Å². The van der Waals surface area contributed by atoms with E-state index in [-0.39, 0.29) is 18.0 Å². The topological polar surface area (TPSA) is 169 Å². The van der Waals surface area contributed by atoms with Crippen molar-refractivity contribution in [1.29, 1.82) is 0 Å². The van der Waals surface area contributed by atoms with Gasteiger partial charge in [-0.1, -0.05) is 0 Å². The van der Waals surface area contributed by atoms with Crippen LogP contribution < -0.4 is 11.1 Å². The van der Waals surface area contributed by atoms with Gasteiger partial charge in [-0.3, -0.25) is 9.59 Å². The summed E-state index contributed by atoms with van der Waals surface area (Å²) in [5.74, 6) is -1.59. The molecule has 0 saturated carbocycles. The molecule has 1 rings (SSSR count). The van der Waals surface area contributed by atoms with Crippen molar-refractivity contribution >= 4 is 17.5 Å². The van der Waals surface area contributed by atoms with Crippen LogP contribution in [0, 0.1) is 0 Å². The molecule has 1 aliphatic rings. The van der Waals surface area contributed by atoms with Crippen molar-refractivity contribution in [3.05, 3.63) is 11.9 Å². The summed E-state index contributed by atoms with van der Waals surface area (Å²) in [6.07, 6.45) is 1.28. The second kappa shape index (κ2) is 7.71. The molecule has 0 aliphatic carbocycles. The minimum Gasteiger partial charge on any atom is -0.394 e. The fourth-order valence-electron chi connectivity index (χ4n) is 1.85. The van der Waals surface area contributed by atoms with Crippen LogP contribution in [0.2, 0.25) is 0 Å². The van der Waals surface area contributed by atoms with Gasteiger partial charge in [0.2, 0.25) is 0 Å². The van der Waals surface area contributed by atoms with Gasteiger partial charge in [0.1, 0.15) is 11.4 Å². The maximum Gasteiger partial charge on any atom is 0.271 e. The summed E-state index contributed by atoms with van der Waals surface area (Å²) < 4.78 is 0. The molecule has 10 heteroatoms. The Balaban J connectivity index is 3.18. The van der Waals surface area contributed by atoms with Crippen LogP contribution in [0.1, 0.15) is 13.8 Å². The lowest BCUT2D eigenvalue weighted by atomic mass is 10.0. The predicted octanol–water partition coefficient (Wildman–Crippen LogP) is -3.33. The summed E-state index contributed by atoms with van der Waals surface area (Å²) in [6, 6.07) is 0. The summed E-state index contributed by atoms with van der Waals surface area (Å²) in [7, 11) is 0. The minimum absolute atomic E-state index is 0.0823. The number of aliphatic hydroxyl groups is 4. The molecule has 10 nitrogen and oxygen atoms in total. The molecule has 0 spiro atoms. The van der Waals surface area contributed by atoms with Crippen LogP contribution in [0.15, 0.2) is 16.9 Å². The van der Waals surface area contributed by atoms with Gasteiger partial charge in [-0.2, -0.15) is 0 Å². The number of rotatable bonds is 8. The van der Waals surface area contributed by atoms with Gasteiger partial charge in [-0.15, -0.1) is 0 Å². The number of nitrogens with two attached hydrogens (primary N) is 1. The lowest BCUT2D eigenvalue weighted by Crippen LogP contribution is -2.55. The Labute approximate surface area is 139 Å². The molecule has 0 atom stereocenters. The number of hydrogen-bond acceptors (Lipinski definition) is 8. The molecular formula is C14H24N4O6. The average molecular weight is 344 g/mol. The fourth-order valence-corrected chi connectivity index (χ4v) is 1.85. The summed E-state index contributed by atoms with van der Waals surface area (Å²) in [4.78, 5) is 29.1. The van der Waals surface area contributed by atoms with Crippen LogP contribution in [0.3, 0.4) is 0 Å². The number of aliphatic hydroxyl groups excluding tert-OH is 4. The Hall–Kier alpha value is -2.01. The first kappa shape index (κ1) is 20.0. The molecular weight excluding hydrogens is 320 g/mol. The van der Waals surface area contributed by atoms with Gasteiger partial charge in [0.15, 0.2) is 0 Å². The zero-order valence-corrected chi connectivity index (χ0v) is 13.7. The number of nitrogens with zero attached hydrogens (tertiary/aromatic N) is 2. The number of nitrogens with one attached hydrogen (secondary N) is 1. The standard InChI is InChI=1S/C14H24N4O6/c1-13(5-19,6-20)17-12(24)10-4-18(14(2,7-21)8-22)3-9(16-10)11(15)23/h4,19-22H,3,5-8H2,1-2H3,(H2,15,23)(H,17,24). The molecule has 0 saturated heterocycles. The van der Waals surface area contributed by atoms with Crippen LogP contribution in [0.5, 0.6) is 0 Å². The van der Waals surface area contributed by atoms with E-state index < -0.39 is 49.3 Å². The van der Waals surface area contributed by atoms with Gasteiger partial charge in [0, 0.05) is 6.20 Å². The molecule has 0 aromatic carbocycles. The number of carbonyl (C=O) groups is 2. The van der Waals surface area contributed by atoms with Gasteiger partial charge in [-0.25, -0.2) is 4.99 Å². The Morgan fingerprint density at radius 3 is 2.17 bits per heavy atom. The highest BCUT2D eigenvalue weighted by Crippen LogP contribution is 2.20. The predicted molar refractivity (Wildman–Crippen MR) is 84.7 cm³/mol. The Morgan fingerprint density at radius 1 is 1.21 bits per heavy atom. The van der Waals surface area contributed by atoms with E-state index in [4.69, 9.17) is 5.73 Å². The smallest absolute Gasteiger partial charge is 0.271 e. The average Bonchev–Trinajstić information content (AvgIpc) is 2.60. The first-order valence-corrected chi connectivity index (χ1v) is 7.26. The van der Waals surface area contributed by atoms with Crippen LogP contribution in [-0.4, -0.2) is 86.9 Å². The SMILES string of the molecule is CC(CO)(CO)NC(=O)C1=CN(C(C)(CO)CO)CC(C(N)=O)=N1. The summed E-state index contributed by atoms with van der Waals surface area (Å²) in [5, 5.41) is 39.9. The summed E-state index contributed by atoms with van der Waals surface area (Å²) in [5.41, 5.74) is 2.50. The van der Waals surface area contributed by atoms with Crippen LogP contribution >= 0.6 is 0 Å². The molecule has 1 heterocycles. The van der Waals surface area contributed by atoms with E-state index in [9.17, 15) is 30.0 Å². The molecule has 0 fully saturated rings. The lowest BCUT2D eigenvalue weighted by Gasteiger charge is -2.39. The third-order valence-corrected chi connectivity index (χ3v) is 3.86. The summed E-state index contributed by atoms with van der Waals surface area (Å²) >= 11 is 0. The minimum atomic E-state index is -1.28. The fraction of sp³-hybridized carbons (Fsp3) is 0.643. The molecule has 0 unspecified atom stereocenters. The first-order valence-electron chi connectivity index (χ1n) is 7.26. The molecule has 2 amide bonds. The molecule has 0 aromatic heterocycles. The van der Waals surface area contributed by atoms with Gasteiger partial charge < -0.3 is 36.4 Å². The highest BCUT2D eigenvalue weighted by molar-refractivity contribution is 6.40. The number of hydrogen-bond donors (Lipinski definition) is 6. The molecule has 0 radical (unpaired) electrons. The van der Waals surface area contributed by atoms with Crippen molar-refractivity contribution in [2.75, 3.05) is 33.0 Å². The van der Waals surface area contributed by atoms with Crippen LogP contribution in [-0.2, 0) is 9.59 Å². The zero-order valence-electron chi connectivity index (χ0n) is 13.7. The number of primary amides is 1.